The van der Waals surface area contributed by atoms with E-state index in [1.54, 1.807) is 17.9 Å². The van der Waals surface area contributed by atoms with E-state index >= 15 is 0 Å². The molecule has 11 heavy (non-hydrogen) atoms. The highest BCUT2D eigenvalue weighted by molar-refractivity contribution is 7.64. The Bertz CT molecular complexity index is 248. The fraction of sp³-hybridized carbons (Fsp3) is 0.600. The summed E-state index contributed by atoms with van der Waals surface area (Å²) in [5.74, 6) is 1.07. The van der Waals surface area contributed by atoms with Crippen molar-refractivity contribution in [1.29, 1.82) is 0 Å². The van der Waals surface area contributed by atoms with Gasteiger partial charge in [0.15, 0.2) is 0 Å². The van der Waals surface area contributed by atoms with E-state index in [4.69, 9.17) is 0 Å². The fourth-order valence-corrected chi connectivity index (χ4v) is 5.52. The summed E-state index contributed by atoms with van der Waals surface area (Å²) in [6, 6.07) is 0. The highest BCUT2D eigenvalue weighted by Gasteiger charge is 2.62. The largest absolute Gasteiger partial charge is 0.0951 e. The van der Waals surface area contributed by atoms with Gasteiger partial charge in [0.05, 0.1) is 0 Å². The average Bonchev–Trinajstić information content (AvgIpc) is 2.30. The molecule has 0 aromatic heterocycles. The summed E-state index contributed by atoms with van der Waals surface area (Å²) in [4.78, 5) is 0. The van der Waals surface area contributed by atoms with Gasteiger partial charge in [0.25, 0.3) is 0 Å². The van der Waals surface area contributed by atoms with Crippen LogP contribution in [0.5, 0.6) is 0 Å². The fourth-order valence-electron chi connectivity index (χ4n) is 2.50. The Kier molecular flexibility index (Phi) is 1.05. The monoisotopic (exact) mass is 164 g/mol. The van der Waals surface area contributed by atoms with Crippen molar-refractivity contribution in [3.63, 3.8) is 0 Å². The summed E-state index contributed by atoms with van der Waals surface area (Å²) in [7, 11) is 0.450. The molecule has 3 aliphatic heterocycles. The lowest BCUT2D eigenvalue weighted by Crippen LogP contribution is -2.59. The molecule has 1 atom stereocenters. The molecule has 0 spiro atoms. The third-order valence-electron chi connectivity index (χ3n) is 3.69. The second-order valence-corrected chi connectivity index (χ2v) is 6.79. The zero-order valence-electron chi connectivity index (χ0n) is 6.88. The molecule has 0 saturated carbocycles. The van der Waals surface area contributed by atoms with E-state index in [-0.39, 0.29) is 0 Å². The van der Waals surface area contributed by atoms with Crippen molar-refractivity contribution in [1.82, 2.24) is 0 Å². The summed E-state index contributed by atoms with van der Waals surface area (Å²) < 4.78 is 0. The molecule has 1 aliphatic carbocycles. The summed E-state index contributed by atoms with van der Waals surface area (Å²) in [6.45, 7) is 2.48. The summed E-state index contributed by atoms with van der Waals surface area (Å²) in [5, 5.41) is 0.697. The Hall–Kier alpha value is -0.0900. The van der Waals surface area contributed by atoms with Crippen LogP contribution in [0.25, 0.3) is 0 Å². The molecule has 58 valence electrons. The van der Waals surface area contributed by atoms with E-state index in [0.717, 1.165) is 5.92 Å². The molecule has 1 heteroatoms. The van der Waals surface area contributed by atoms with Gasteiger partial charge in [-0.3, -0.25) is 0 Å². The SMILES string of the molecule is CC1(C2=CCC=C2)C2CP1C2. The van der Waals surface area contributed by atoms with Crippen molar-refractivity contribution in [3.8, 4) is 0 Å². The van der Waals surface area contributed by atoms with Crippen molar-refractivity contribution >= 4 is 7.92 Å². The van der Waals surface area contributed by atoms with E-state index in [9.17, 15) is 0 Å². The molecule has 0 radical (unpaired) electrons. The van der Waals surface area contributed by atoms with Crippen LogP contribution in [0, 0.1) is 5.92 Å². The Morgan fingerprint density at radius 3 is 2.64 bits per heavy atom. The van der Waals surface area contributed by atoms with Gasteiger partial charge in [-0.15, -0.1) is 0 Å². The molecule has 4 aliphatic rings. The minimum absolute atomic E-state index is 0.450. The summed E-state index contributed by atoms with van der Waals surface area (Å²) in [6.07, 6.45) is 11.4. The molecule has 0 aromatic rings. The number of rotatable bonds is 1. The van der Waals surface area contributed by atoms with Gasteiger partial charge in [-0.1, -0.05) is 33.1 Å². The van der Waals surface area contributed by atoms with Gasteiger partial charge in [-0.25, -0.2) is 0 Å². The second kappa shape index (κ2) is 1.80. The lowest BCUT2D eigenvalue weighted by Gasteiger charge is -2.67. The minimum atomic E-state index is 0.450. The van der Waals surface area contributed by atoms with Crippen LogP contribution in [0.2, 0.25) is 0 Å². The van der Waals surface area contributed by atoms with Crippen molar-refractivity contribution in [2.45, 2.75) is 18.5 Å². The van der Waals surface area contributed by atoms with Crippen molar-refractivity contribution in [2.75, 3.05) is 12.3 Å². The van der Waals surface area contributed by atoms with Crippen molar-refractivity contribution < 1.29 is 0 Å². The predicted molar refractivity (Wildman–Crippen MR) is 50.4 cm³/mol. The van der Waals surface area contributed by atoms with E-state index in [1.807, 2.05) is 0 Å². The van der Waals surface area contributed by atoms with Crippen LogP contribution in [0.3, 0.4) is 0 Å². The number of allylic oxidation sites excluding steroid dienone is 4. The first-order chi connectivity index (χ1) is 5.32. The van der Waals surface area contributed by atoms with Crippen LogP contribution in [0.1, 0.15) is 13.3 Å². The lowest BCUT2D eigenvalue weighted by molar-refractivity contribution is 0.413. The van der Waals surface area contributed by atoms with E-state index < -0.39 is 0 Å². The molecule has 1 unspecified atom stereocenters. The first-order valence-electron chi connectivity index (χ1n) is 4.44. The first-order valence-corrected chi connectivity index (χ1v) is 6.15. The third-order valence-corrected chi connectivity index (χ3v) is 7.39. The maximum atomic E-state index is 2.48. The van der Waals surface area contributed by atoms with E-state index in [2.05, 4.69) is 25.2 Å². The van der Waals surface area contributed by atoms with Crippen LogP contribution in [-0.2, 0) is 0 Å². The molecule has 0 nitrogen and oxygen atoms in total. The van der Waals surface area contributed by atoms with Gasteiger partial charge in [0, 0.05) is 5.16 Å². The quantitative estimate of drug-likeness (QED) is 0.523. The first kappa shape index (κ1) is 6.43. The molecule has 3 saturated heterocycles. The molecular formula is C10H13P. The maximum Gasteiger partial charge on any atom is 0.0158 e. The van der Waals surface area contributed by atoms with Crippen molar-refractivity contribution in [3.05, 3.63) is 23.8 Å². The maximum absolute atomic E-state index is 2.48. The Morgan fingerprint density at radius 1 is 1.55 bits per heavy atom. The lowest BCUT2D eigenvalue weighted by atomic mass is 9.86. The molecule has 4 rings (SSSR count). The standard InChI is InChI=1S/C10H13P/c1-10(8-4-2-3-5-8)9-6-11(10)7-9/h2,4-5,9H,3,6-7H2,1H3. The van der Waals surface area contributed by atoms with Gasteiger partial charge in [-0.2, -0.15) is 0 Å². The van der Waals surface area contributed by atoms with Crippen LogP contribution >= 0.6 is 7.92 Å². The number of hydrogen-bond acceptors (Lipinski definition) is 0. The normalized spacial score (nSPS) is 51.5. The average molecular weight is 164 g/mol. The Labute approximate surface area is 69.1 Å². The Balaban J connectivity index is 1.94. The molecular weight excluding hydrogens is 151 g/mol. The van der Waals surface area contributed by atoms with Crippen LogP contribution < -0.4 is 0 Å². The molecule has 0 amide bonds. The van der Waals surface area contributed by atoms with Crippen LogP contribution in [-0.4, -0.2) is 17.5 Å². The van der Waals surface area contributed by atoms with E-state index in [0.29, 0.717) is 13.1 Å². The van der Waals surface area contributed by atoms with Gasteiger partial charge in [0.2, 0.25) is 0 Å². The smallest absolute Gasteiger partial charge is 0.0158 e. The topological polar surface area (TPSA) is 0 Å². The molecule has 0 N–H and O–H groups in total. The van der Waals surface area contributed by atoms with Gasteiger partial charge >= 0.3 is 0 Å². The minimum Gasteiger partial charge on any atom is -0.0951 e. The highest BCUT2D eigenvalue weighted by Crippen LogP contribution is 2.80. The summed E-state index contributed by atoms with van der Waals surface area (Å²) in [5.41, 5.74) is 1.67. The van der Waals surface area contributed by atoms with Crippen LogP contribution in [0.15, 0.2) is 23.8 Å². The van der Waals surface area contributed by atoms with Gasteiger partial charge in [0.1, 0.15) is 0 Å². The molecule has 3 fully saturated rings. The summed E-state index contributed by atoms with van der Waals surface area (Å²) >= 11 is 0. The highest BCUT2D eigenvalue weighted by atomic mass is 31.1. The van der Waals surface area contributed by atoms with Crippen LogP contribution in [0.4, 0.5) is 0 Å². The zero-order chi connectivity index (χ0) is 7.47. The molecule has 3 heterocycles. The van der Waals surface area contributed by atoms with E-state index in [1.165, 1.54) is 6.42 Å². The zero-order valence-corrected chi connectivity index (χ0v) is 7.77. The Morgan fingerprint density at radius 2 is 2.27 bits per heavy atom. The number of hydrogen-bond donors (Lipinski definition) is 0. The molecule has 0 aromatic carbocycles. The molecule has 2 bridgehead atoms. The third kappa shape index (κ3) is 0.572. The predicted octanol–water partition coefficient (Wildman–Crippen LogP) is 2.76. The van der Waals surface area contributed by atoms with Gasteiger partial charge < -0.3 is 0 Å². The second-order valence-electron chi connectivity index (χ2n) is 4.05. The van der Waals surface area contributed by atoms with Gasteiger partial charge in [-0.05, 0) is 30.2 Å². The van der Waals surface area contributed by atoms with Crippen molar-refractivity contribution in [2.24, 2.45) is 5.92 Å².